The molecule has 3 heterocycles. The topological polar surface area (TPSA) is 63.8 Å². The molecule has 0 radical (unpaired) electrons. The Labute approximate surface area is 153 Å². The average Bonchev–Trinajstić information content (AvgIpc) is 3.34. The number of aryl methyl sites for hydroxylation is 1. The highest BCUT2D eigenvalue weighted by atomic mass is 15.4. The number of nitrogens with one attached hydrogen (secondary N) is 1. The van der Waals surface area contributed by atoms with Gasteiger partial charge in [-0.25, -0.2) is 9.67 Å². The second-order valence-electron chi connectivity index (χ2n) is 7.11. The molecule has 0 unspecified atom stereocenters. The third-order valence-corrected chi connectivity index (χ3v) is 5.15. The first kappa shape index (κ1) is 16.9. The van der Waals surface area contributed by atoms with Crippen molar-refractivity contribution >= 4 is 0 Å². The molecule has 1 saturated heterocycles. The fraction of sp³-hybridized carbons (Fsp3) is 0.421. The Bertz CT molecular complexity index is 838. The van der Waals surface area contributed by atoms with Gasteiger partial charge < -0.3 is 14.8 Å². The van der Waals surface area contributed by atoms with Crippen molar-refractivity contribution in [1.29, 1.82) is 0 Å². The Balaban J connectivity index is 1.44. The maximum atomic E-state index is 4.29. The maximum Gasteiger partial charge on any atom is 0.0945 e. The summed E-state index contributed by atoms with van der Waals surface area (Å²) in [6.07, 6.45) is 5.72. The molecule has 1 aliphatic rings. The molecule has 26 heavy (non-hydrogen) atoms. The van der Waals surface area contributed by atoms with E-state index in [0.717, 1.165) is 31.9 Å². The molecular weight excluding hydrogens is 326 g/mol. The summed E-state index contributed by atoms with van der Waals surface area (Å²) in [5.74, 6) is 0.436. The summed E-state index contributed by atoms with van der Waals surface area (Å²) < 4.78 is 4.10. The summed E-state index contributed by atoms with van der Waals surface area (Å²) in [5, 5.41) is 12.1. The van der Waals surface area contributed by atoms with E-state index in [-0.39, 0.29) is 0 Å². The standard InChI is InChI=1S/C19H25N7/c1-24-12-17(19-10-20-14-25(19)2)18(13-24)21-8-16-9-22-23-26(16)11-15-6-4-3-5-7-15/h3-7,9-10,14,17-18,21H,8,11-13H2,1-2H3/t17-,18-/m1/s1. The molecule has 3 aromatic rings. The van der Waals surface area contributed by atoms with Crippen LogP contribution in [0, 0.1) is 0 Å². The summed E-state index contributed by atoms with van der Waals surface area (Å²) >= 11 is 0. The zero-order valence-corrected chi connectivity index (χ0v) is 15.3. The van der Waals surface area contributed by atoms with E-state index >= 15 is 0 Å². The van der Waals surface area contributed by atoms with Crippen molar-refractivity contribution in [2.75, 3.05) is 20.1 Å². The van der Waals surface area contributed by atoms with Crippen LogP contribution in [0.3, 0.4) is 0 Å². The smallest absolute Gasteiger partial charge is 0.0945 e. The van der Waals surface area contributed by atoms with Gasteiger partial charge in [-0.15, -0.1) is 5.10 Å². The van der Waals surface area contributed by atoms with Crippen LogP contribution in [0.1, 0.15) is 22.9 Å². The Hall–Kier alpha value is -2.51. The molecule has 1 aromatic carbocycles. The van der Waals surface area contributed by atoms with Crippen LogP contribution < -0.4 is 5.32 Å². The van der Waals surface area contributed by atoms with E-state index in [1.807, 2.05) is 29.5 Å². The summed E-state index contributed by atoms with van der Waals surface area (Å²) in [4.78, 5) is 6.66. The molecule has 0 amide bonds. The maximum absolute atomic E-state index is 4.29. The van der Waals surface area contributed by atoms with Gasteiger partial charge in [0.2, 0.25) is 0 Å². The quantitative estimate of drug-likeness (QED) is 0.724. The van der Waals surface area contributed by atoms with Crippen molar-refractivity contribution in [3.05, 3.63) is 66.0 Å². The summed E-state index contributed by atoms with van der Waals surface area (Å²) in [5.41, 5.74) is 3.61. The lowest BCUT2D eigenvalue weighted by atomic mass is 10.00. The van der Waals surface area contributed by atoms with Gasteiger partial charge in [0.25, 0.3) is 0 Å². The molecule has 2 atom stereocenters. The Morgan fingerprint density at radius 1 is 1.12 bits per heavy atom. The van der Waals surface area contributed by atoms with Crippen molar-refractivity contribution < 1.29 is 0 Å². The van der Waals surface area contributed by atoms with Crippen LogP contribution in [0.25, 0.3) is 0 Å². The van der Waals surface area contributed by atoms with E-state index in [1.165, 1.54) is 11.3 Å². The molecule has 1 fully saturated rings. The van der Waals surface area contributed by atoms with Gasteiger partial charge in [0.05, 0.1) is 24.8 Å². The Kier molecular flexibility index (Phi) is 4.81. The van der Waals surface area contributed by atoms with Crippen LogP contribution in [0.15, 0.2) is 49.1 Å². The van der Waals surface area contributed by atoms with Crippen LogP contribution in [0.4, 0.5) is 0 Å². The van der Waals surface area contributed by atoms with E-state index in [0.29, 0.717) is 12.0 Å². The first-order valence-electron chi connectivity index (χ1n) is 9.00. The molecule has 0 bridgehead atoms. The van der Waals surface area contributed by atoms with Gasteiger partial charge in [-0.2, -0.15) is 0 Å². The van der Waals surface area contributed by atoms with Crippen molar-refractivity contribution in [3.8, 4) is 0 Å². The lowest BCUT2D eigenvalue weighted by Gasteiger charge is -2.20. The minimum absolute atomic E-state index is 0.385. The Morgan fingerprint density at radius 2 is 1.96 bits per heavy atom. The van der Waals surface area contributed by atoms with Gasteiger partial charge in [-0.1, -0.05) is 35.5 Å². The molecule has 0 spiro atoms. The minimum atomic E-state index is 0.385. The van der Waals surface area contributed by atoms with Crippen LogP contribution in [0.5, 0.6) is 0 Å². The van der Waals surface area contributed by atoms with Gasteiger partial charge >= 0.3 is 0 Å². The zero-order valence-electron chi connectivity index (χ0n) is 15.3. The number of benzene rings is 1. The molecular formula is C19H25N7. The fourth-order valence-electron chi connectivity index (χ4n) is 3.77. The predicted octanol–water partition coefficient (Wildman–Crippen LogP) is 1.25. The van der Waals surface area contributed by atoms with Crippen molar-refractivity contribution in [2.24, 2.45) is 7.05 Å². The fourth-order valence-corrected chi connectivity index (χ4v) is 3.77. The number of likely N-dealkylation sites (N-methyl/N-ethyl adjacent to an activating group) is 1. The lowest BCUT2D eigenvalue weighted by Crippen LogP contribution is -2.35. The zero-order chi connectivity index (χ0) is 17.9. The van der Waals surface area contributed by atoms with Gasteiger partial charge in [-0.3, -0.25) is 0 Å². The van der Waals surface area contributed by atoms with Crippen molar-refractivity contribution in [3.63, 3.8) is 0 Å². The highest BCUT2D eigenvalue weighted by Crippen LogP contribution is 2.26. The SMILES string of the molecule is CN1C[C@@H](NCc2cnnn2Cc2ccccc2)[C@H](c2cncn2C)C1. The van der Waals surface area contributed by atoms with E-state index in [4.69, 9.17) is 0 Å². The molecule has 0 aliphatic carbocycles. The number of aromatic nitrogens is 5. The van der Waals surface area contributed by atoms with E-state index in [9.17, 15) is 0 Å². The largest absolute Gasteiger partial charge is 0.337 e. The van der Waals surface area contributed by atoms with Gasteiger partial charge in [0, 0.05) is 50.5 Å². The average molecular weight is 351 g/mol. The van der Waals surface area contributed by atoms with Crippen LogP contribution in [-0.4, -0.2) is 55.6 Å². The highest BCUT2D eigenvalue weighted by molar-refractivity contribution is 5.16. The molecule has 4 rings (SSSR count). The van der Waals surface area contributed by atoms with E-state index < -0.39 is 0 Å². The second-order valence-corrected chi connectivity index (χ2v) is 7.11. The molecule has 0 saturated carbocycles. The number of nitrogens with zero attached hydrogens (tertiary/aromatic N) is 6. The Morgan fingerprint density at radius 3 is 2.73 bits per heavy atom. The van der Waals surface area contributed by atoms with E-state index in [2.05, 4.69) is 68.4 Å². The molecule has 2 aromatic heterocycles. The predicted molar refractivity (Wildman–Crippen MR) is 99.6 cm³/mol. The monoisotopic (exact) mass is 351 g/mol. The summed E-state index contributed by atoms with van der Waals surface area (Å²) in [6.45, 7) is 3.56. The number of likely N-dealkylation sites (tertiary alicyclic amines) is 1. The number of hydrogen-bond donors (Lipinski definition) is 1. The van der Waals surface area contributed by atoms with Crippen molar-refractivity contribution in [2.45, 2.75) is 25.0 Å². The first-order chi connectivity index (χ1) is 12.7. The molecule has 7 heteroatoms. The third-order valence-electron chi connectivity index (χ3n) is 5.15. The molecule has 7 nitrogen and oxygen atoms in total. The third kappa shape index (κ3) is 3.54. The van der Waals surface area contributed by atoms with Gasteiger partial charge in [0.15, 0.2) is 0 Å². The van der Waals surface area contributed by atoms with Gasteiger partial charge in [-0.05, 0) is 12.6 Å². The molecule has 1 aliphatic heterocycles. The highest BCUT2D eigenvalue weighted by Gasteiger charge is 2.33. The summed E-state index contributed by atoms with van der Waals surface area (Å²) in [7, 11) is 4.24. The van der Waals surface area contributed by atoms with Crippen LogP contribution >= 0.6 is 0 Å². The van der Waals surface area contributed by atoms with Gasteiger partial charge in [0.1, 0.15) is 0 Å². The lowest BCUT2D eigenvalue weighted by molar-refractivity contribution is 0.395. The van der Waals surface area contributed by atoms with E-state index in [1.54, 1.807) is 0 Å². The van der Waals surface area contributed by atoms with Crippen LogP contribution in [0.2, 0.25) is 0 Å². The number of imidazole rings is 1. The minimum Gasteiger partial charge on any atom is -0.337 e. The molecule has 136 valence electrons. The summed E-state index contributed by atoms with van der Waals surface area (Å²) in [6, 6.07) is 10.7. The van der Waals surface area contributed by atoms with Crippen molar-refractivity contribution in [1.82, 2.24) is 34.8 Å². The molecule has 1 N–H and O–H groups in total. The van der Waals surface area contributed by atoms with Crippen LogP contribution in [-0.2, 0) is 20.1 Å². The number of rotatable bonds is 6. The normalized spacial score (nSPS) is 20.7. The first-order valence-corrected chi connectivity index (χ1v) is 9.00. The second kappa shape index (κ2) is 7.39. The number of hydrogen-bond acceptors (Lipinski definition) is 5.